The van der Waals surface area contributed by atoms with E-state index in [-0.39, 0.29) is 0 Å². The van der Waals surface area contributed by atoms with Crippen molar-refractivity contribution in [2.75, 3.05) is 13.1 Å². The Morgan fingerprint density at radius 2 is 2.24 bits per heavy atom. The summed E-state index contributed by atoms with van der Waals surface area (Å²) in [5, 5.41) is 3.58. The highest BCUT2D eigenvalue weighted by Crippen LogP contribution is 2.13. The van der Waals surface area contributed by atoms with Gasteiger partial charge in [0.1, 0.15) is 0 Å². The van der Waals surface area contributed by atoms with Crippen LogP contribution in [0.1, 0.15) is 18.9 Å². The summed E-state index contributed by atoms with van der Waals surface area (Å²) in [5.74, 6) is 0. The van der Waals surface area contributed by atoms with E-state index >= 15 is 0 Å². The molecule has 1 heterocycles. The van der Waals surface area contributed by atoms with Crippen molar-refractivity contribution in [3.8, 4) is 0 Å². The van der Waals surface area contributed by atoms with E-state index in [0.717, 1.165) is 13.1 Å². The van der Waals surface area contributed by atoms with E-state index in [1.54, 1.807) is 0 Å². The van der Waals surface area contributed by atoms with E-state index < -0.39 is 0 Å². The molecular formula is C15H22N2. The summed E-state index contributed by atoms with van der Waals surface area (Å²) in [6.45, 7) is 9.38. The molecule has 2 atom stereocenters. The summed E-state index contributed by atoms with van der Waals surface area (Å²) < 4.78 is 0. The predicted molar refractivity (Wildman–Crippen MR) is 72.9 cm³/mol. The van der Waals surface area contributed by atoms with Gasteiger partial charge in [-0.05, 0) is 18.9 Å². The fourth-order valence-corrected chi connectivity index (χ4v) is 2.39. The largest absolute Gasteiger partial charge is 0.307 e. The van der Waals surface area contributed by atoms with Gasteiger partial charge in [-0.3, -0.25) is 4.90 Å². The van der Waals surface area contributed by atoms with E-state index in [2.05, 4.69) is 54.1 Å². The zero-order valence-corrected chi connectivity index (χ0v) is 10.6. The Bertz CT molecular complexity index is 347. The average molecular weight is 230 g/mol. The second kappa shape index (κ2) is 5.99. The fourth-order valence-electron chi connectivity index (χ4n) is 2.39. The molecule has 92 valence electrons. The summed E-state index contributed by atoms with van der Waals surface area (Å²) in [7, 11) is 0. The summed E-state index contributed by atoms with van der Waals surface area (Å²) in [6.07, 6.45) is 3.21. The van der Waals surface area contributed by atoms with Crippen molar-refractivity contribution in [3.05, 3.63) is 48.6 Å². The van der Waals surface area contributed by atoms with Gasteiger partial charge in [-0.1, -0.05) is 36.4 Å². The summed E-state index contributed by atoms with van der Waals surface area (Å²) in [6, 6.07) is 11.7. The maximum Gasteiger partial charge on any atom is 0.0234 e. The van der Waals surface area contributed by atoms with Crippen LogP contribution in [0.4, 0.5) is 0 Å². The number of hydrogen-bond acceptors (Lipinski definition) is 2. The lowest BCUT2D eigenvalue weighted by Gasteiger charge is -2.18. The molecule has 0 aliphatic carbocycles. The number of nitrogens with zero attached hydrogens (tertiary/aromatic N) is 1. The second-order valence-corrected chi connectivity index (χ2v) is 4.90. The van der Waals surface area contributed by atoms with Gasteiger partial charge in [-0.2, -0.15) is 0 Å². The SMILES string of the molecule is C=CC(C)NC1CCN(Cc2ccccc2)C1. The number of hydrogen-bond donors (Lipinski definition) is 1. The van der Waals surface area contributed by atoms with E-state index in [0.29, 0.717) is 12.1 Å². The van der Waals surface area contributed by atoms with Gasteiger partial charge in [-0.15, -0.1) is 6.58 Å². The first-order valence-corrected chi connectivity index (χ1v) is 6.43. The lowest BCUT2D eigenvalue weighted by atomic mass is 10.2. The number of benzene rings is 1. The maximum absolute atomic E-state index is 3.81. The van der Waals surface area contributed by atoms with Crippen molar-refractivity contribution in [3.63, 3.8) is 0 Å². The number of nitrogens with one attached hydrogen (secondary N) is 1. The Hall–Kier alpha value is -1.12. The molecule has 0 saturated carbocycles. The van der Waals surface area contributed by atoms with Gasteiger partial charge in [0, 0.05) is 31.7 Å². The molecule has 0 amide bonds. The molecule has 2 nitrogen and oxygen atoms in total. The average Bonchev–Trinajstić information content (AvgIpc) is 2.77. The molecule has 2 heteroatoms. The molecule has 2 rings (SSSR count). The van der Waals surface area contributed by atoms with Crippen LogP contribution >= 0.6 is 0 Å². The lowest BCUT2D eigenvalue weighted by Crippen LogP contribution is -2.37. The van der Waals surface area contributed by atoms with Crippen molar-refractivity contribution in [2.45, 2.75) is 32.0 Å². The molecule has 0 spiro atoms. The third-order valence-corrected chi connectivity index (χ3v) is 3.37. The monoisotopic (exact) mass is 230 g/mol. The van der Waals surface area contributed by atoms with Gasteiger partial charge in [-0.25, -0.2) is 0 Å². The van der Waals surface area contributed by atoms with Crippen molar-refractivity contribution >= 4 is 0 Å². The van der Waals surface area contributed by atoms with Crippen LogP contribution in [0.5, 0.6) is 0 Å². The van der Waals surface area contributed by atoms with Crippen LogP contribution in [0.15, 0.2) is 43.0 Å². The van der Waals surface area contributed by atoms with Crippen molar-refractivity contribution in [2.24, 2.45) is 0 Å². The second-order valence-electron chi connectivity index (χ2n) is 4.90. The Kier molecular flexibility index (Phi) is 4.35. The van der Waals surface area contributed by atoms with Crippen LogP contribution < -0.4 is 5.32 Å². The lowest BCUT2D eigenvalue weighted by molar-refractivity contribution is 0.318. The molecule has 1 aromatic rings. The summed E-state index contributed by atoms with van der Waals surface area (Å²) >= 11 is 0. The fraction of sp³-hybridized carbons (Fsp3) is 0.467. The Balaban J connectivity index is 1.80. The normalized spacial score (nSPS) is 22.5. The quantitative estimate of drug-likeness (QED) is 0.782. The molecule has 0 aromatic heterocycles. The van der Waals surface area contributed by atoms with Gasteiger partial charge in [0.05, 0.1) is 0 Å². The van der Waals surface area contributed by atoms with Crippen LogP contribution in [-0.4, -0.2) is 30.1 Å². The number of rotatable bonds is 5. The topological polar surface area (TPSA) is 15.3 Å². The van der Waals surface area contributed by atoms with Gasteiger partial charge in [0.2, 0.25) is 0 Å². The molecule has 1 aromatic carbocycles. The predicted octanol–water partition coefficient (Wildman–Crippen LogP) is 2.43. The Morgan fingerprint density at radius 1 is 1.47 bits per heavy atom. The van der Waals surface area contributed by atoms with Crippen LogP contribution in [0.2, 0.25) is 0 Å². The molecule has 0 bridgehead atoms. The first-order chi connectivity index (χ1) is 8.28. The van der Waals surface area contributed by atoms with Gasteiger partial charge in [0.25, 0.3) is 0 Å². The highest BCUT2D eigenvalue weighted by molar-refractivity contribution is 5.14. The minimum atomic E-state index is 0.414. The molecule has 1 fully saturated rings. The van der Waals surface area contributed by atoms with Crippen molar-refractivity contribution < 1.29 is 0 Å². The van der Waals surface area contributed by atoms with Crippen LogP contribution in [0, 0.1) is 0 Å². The highest BCUT2D eigenvalue weighted by Gasteiger charge is 2.22. The summed E-state index contributed by atoms with van der Waals surface area (Å²) in [4.78, 5) is 2.52. The van der Waals surface area contributed by atoms with Crippen LogP contribution in [0.3, 0.4) is 0 Å². The third kappa shape index (κ3) is 3.69. The number of likely N-dealkylation sites (tertiary alicyclic amines) is 1. The Labute approximate surface area is 104 Å². The molecule has 17 heavy (non-hydrogen) atoms. The smallest absolute Gasteiger partial charge is 0.0234 e. The van der Waals surface area contributed by atoms with Crippen LogP contribution in [0.25, 0.3) is 0 Å². The van der Waals surface area contributed by atoms with Crippen LogP contribution in [-0.2, 0) is 6.54 Å². The molecule has 1 N–H and O–H groups in total. The minimum Gasteiger partial charge on any atom is -0.307 e. The molecular weight excluding hydrogens is 208 g/mol. The van der Waals surface area contributed by atoms with Gasteiger partial charge in [0.15, 0.2) is 0 Å². The van der Waals surface area contributed by atoms with Gasteiger partial charge >= 0.3 is 0 Å². The van der Waals surface area contributed by atoms with E-state index in [9.17, 15) is 0 Å². The molecule has 2 unspecified atom stereocenters. The van der Waals surface area contributed by atoms with E-state index in [1.807, 2.05) is 6.08 Å². The molecule has 1 saturated heterocycles. The first-order valence-electron chi connectivity index (χ1n) is 6.43. The van der Waals surface area contributed by atoms with Crippen molar-refractivity contribution in [1.29, 1.82) is 0 Å². The third-order valence-electron chi connectivity index (χ3n) is 3.37. The van der Waals surface area contributed by atoms with E-state index in [1.165, 1.54) is 18.5 Å². The minimum absolute atomic E-state index is 0.414. The highest BCUT2D eigenvalue weighted by atomic mass is 15.2. The molecule has 1 aliphatic rings. The molecule has 0 radical (unpaired) electrons. The zero-order valence-electron chi connectivity index (χ0n) is 10.6. The van der Waals surface area contributed by atoms with E-state index in [4.69, 9.17) is 0 Å². The standard InChI is InChI=1S/C15H22N2/c1-3-13(2)16-15-9-10-17(12-15)11-14-7-5-4-6-8-14/h3-8,13,15-16H,1,9-12H2,2H3. The van der Waals surface area contributed by atoms with Crippen molar-refractivity contribution in [1.82, 2.24) is 10.2 Å². The molecule has 1 aliphatic heterocycles. The van der Waals surface area contributed by atoms with Gasteiger partial charge < -0.3 is 5.32 Å². The summed E-state index contributed by atoms with van der Waals surface area (Å²) in [5.41, 5.74) is 1.41. The maximum atomic E-state index is 3.81. The Morgan fingerprint density at radius 3 is 2.94 bits per heavy atom. The first kappa shape index (κ1) is 12.3. The zero-order chi connectivity index (χ0) is 12.1.